The van der Waals surface area contributed by atoms with Gasteiger partial charge in [-0.3, -0.25) is 4.98 Å². The normalized spacial score (nSPS) is 12.1. The van der Waals surface area contributed by atoms with Crippen molar-refractivity contribution in [2.75, 3.05) is 14.2 Å². The molecule has 3 nitrogen and oxygen atoms in total. The lowest BCUT2D eigenvalue weighted by molar-refractivity contribution is 0.404. The van der Waals surface area contributed by atoms with Crippen LogP contribution in [0.4, 0.5) is 0 Å². The summed E-state index contributed by atoms with van der Waals surface area (Å²) in [4.78, 5) is 4.17. The fourth-order valence-electron chi connectivity index (χ4n) is 2.57. The molecule has 0 saturated carbocycles. The van der Waals surface area contributed by atoms with E-state index < -0.39 is 0 Å². The summed E-state index contributed by atoms with van der Waals surface area (Å²) in [6.45, 7) is 2.12. The molecule has 0 spiro atoms. The highest BCUT2D eigenvalue weighted by Crippen LogP contribution is 2.22. The van der Waals surface area contributed by atoms with Crippen LogP contribution >= 0.6 is 0 Å². The number of aromatic nitrogens is 1. The zero-order chi connectivity index (χ0) is 15.1. The molecule has 0 aliphatic rings. The van der Waals surface area contributed by atoms with Crippen LogP contribution in [0.3, 0.4) is 0 Å². The molecule has 2 aromatic rings. The van der Waals surface area contributed by atoms with Gasteiger partial charge >= 0.3 is 0 Å². The molecular formula is C18H24N2O. The van der Waals surface area contributed by atoms with Crippen LogP contribution in [0, 0.1) is 6.92 Å². The molecule has 1 unspecified atom stereocenters. The maximum atomic E-state index is 5.47. The van der Waals surface area contributed by atoms with E-state index >= 15 is 0 Å². The number of methoxy groups -OCH3 is 1. The van der Waals surface area contributed by atoms with Gasteiger partial charge in [0.2, 0.25) is 0 Å². The first-order valence-corrected chi connectivity index (χ1v) is 7.42. The lowest BCUT2D eigenvalue weighted by Crippen LogP contribution is -2.28. The molecule has 3 heteroatoms. The van der Waals surface area contributed by atoms with E-state index in [0.717, 1.165) is 25.0 Å². The van der Waals surface area contributed by atoms with Crippen LogP contribution in [0.1, 0.15) is 23.1 Å². The monoisotopic (exact) mass is 284 g/mol. The van der Waals surface area contributed by atoms with Crippen LogP contribution < -0.4 is 10.1 Å². The van der Waals surface area contributed by atoms with Crippen molar-refractivity contribution in [1.29, 1.82) is 0 Å². The summed E-state index contributed by atoms with van der Waals surface area (Å²) >= 11 is 0. The van der Waals surface area contributed by atoms with Gasteiger partial charge in [0, 0.05) is 18.4 Å². The van der Waals surface area contributed by atoms with E-state index in [9.17, 15) is 0 Å². The maximum Gasteiger partial charge on any atom is 0.122 e. The van der Waals surface area contributed by atoms with Gasteiger partial charge in [-0.05, 0) is 56.5 Å². The SMILES string of the molecule is CNC(CCc1cccnc1)Cc1cc(C)ccc1OC. The lowest BCUT2D eigenvalue weighted by atomic mass is 9.98. The Labute approximate surface area is 127 Å². The molecule has 1 aromatic carbocycles. The van der Waals surface area contributed by atoms with Gasteiger partial charge in [0.05, 0.1) is 7.11 Å². The fourth-order valence-corrected chi connectivity index (χ4v) is 2.57. The Bertz CT molecular complexity index is 554. The molecule has 0 bridgehead atoms. The second kappa shape index (κ2) is 7.79. The third kappa shape index (κ3) is 4.57. The van der Waals surface area contributed by atoms with E-state index in [1.807, 2.05) is 25.5 Å². The number of ether oxygens (including phenoxy) is 1. The highest BCUT2D eigenvalue weighted by Gasteiger charge is 2.11. The summed E-state index contributed by atoms with van der Waals surface area (Å²) in [6.07, 6.45) is 6.85. The fraction of sp³-hybridized carbons (Fsp3) is 0.389. The number of pyridine rings is 1. The summed E-state index contributed by atoms with van der Waals surface area (Å²) in [5, 5.41) is 3.42. The minimum atomic E-state index is 0.431. The van der Waals surface area contributed by atoms with Crippen LogP contribution in [0.2, 0.25) is 0 Å². The van der Waals surface area contributed by atoms with E-state index in [1.54, 1.807) is 7.11 Å². The lowest BCUT2D eigenvalue weighted by Gasteiger charge is -2.18. The molecule has 1 heterocycles. The van der Waals surface area contributed by atoms with Crippen LogP contribution in [0.5, 0.6) is 5.75 Å². The molecule has 0 fully saturated rings. The molecule has 1 atom stereocenters. The van der Waals surface area contributed by atoms with Crippen molar-refractivity contribution in [1.82, 2.24) is 10.3 Å². The molecule has 0 radical (unpaired) electrons. The zero-order valence-corrected chi connectivity index (χ0v) is 13.1. The first-order valence-electron chi connectivity index (χ1n) is 7.42. The number of nitrogens with one attached hydrogen (secondary N) is 1. The Morgan fingerprint density at radius 1 is 1.29 bits per heavy atom. The van der Waals surface area contributed by atoms with Crippen molar-refractivity contribution in [2.45, 2.75) is 32.2 Å². The Hall–Kier alpha value is -1.87. The highest BCUT2D eigenvalue weighted by atomic mass is 16.5. The van der Waals surface area contributed by atoms with Gasteiger partial charge in [0.1, 0.15) is 5.75 Å². The van der Waals surface area contributed by atoms with E-state index in [-0.39, 0.29) is 0 Å². The van der Waals surface area contributed by atoms with E-state index in [2.05, 4.69) is 41.5 Å². The topological polar surface area (TPSA) is 34.2 Å². The van der Waals surface area contributed by atoms with E-state index in [4.69, 9.17) is 4.74 Å². The highest BCUT2D eigenvalue weighted by molar-refractivity contribution is 5.37. The van der Waals surface area contributed by atoms with Crippen molar-refractivity contribution in [3.05, 3.63) is 59.4 Å². The van der Waals surface area contributed by atoms with E-state index in [0.29, 0.717) is 6.04 Å². The summed E-state index contributed by atoms with van der Waals surface area (Å²) in [5.41, 5.74) is 3.82. The number of rotatable bonds is 7. The number of benzene rings is 1. The predicted molar refractivity (Wildman–Crippen MR) is 86.8 cm³/mol. The Morgan fingerprint density at radius 3 is 2.81 bits per heavy atom. The average molecular weight is 284 g/mol. The molecule has 0 aliphatic heterocycles. The Kier molecular flexibility index (Phi) is 5.76. The summed E-state index contributed by atoms with van der Waals surface area (Å²) in [7, 11) is 3.76. The molecule has 0 amide bonds. The standard InChI is InChI=1S/C18H24N2O/c1-14-6-9-18(21-3)16(11-14)12-17(19-2)8-7-15-5-4-10-20-13-15/h4-6,9-11,13,17,19H,7-8,12H2,1-3H3. The van der Waals surface area contributed by atoms with Gasteiger partial charge in [-0.2, -0.15) is 0 Å². The third-order valence-corrected chi connectivity index (χ3v) is 3.81. The number of nitrogens with zero attached hydrogens (tertiary/aromatic N) is 1. The molecule has 0 aliphatic carbocycles. The zero-order valence-electron chi connectivity index (χ0n) is 13.1. The summed E-state index contributed by atoms with van der Waals surface area (Å²) < 4.78 is 5.47. The average Bonchev–Trinajstić information content (AvgIpc) is 2.52. The molecule has 1 aromatic heterocycles. The van der Waals surface area contributed by atoms with Crippen molar-refractivity contribution < 1.29 is 4.74 Å². The molecule has 0 saturated heterocycles. The van der Waals surface area contributed by atoms with Crippen molar-refractivity contribution in [3.63, 3.8) is 0 Å². The molecule has 112 valence electrons. The largest absolute Gasteiger partial charge is 0.496 e. The van der Waals surface area contributed by atoms with Gasteiger partial charge in [0.15, 0.2) is 0 Å². The van der Waals surface area contributed by atoms with Crippen LogP contribution in [0.25, 0.3) is 0 Å². The maximum absolute atomic E-state index is 5.47. The van der Waals surface area contributed by atoms with Crippen molar-refractivity contribution in [3.8, 4) is 5.75 Å². The van der Waals surface area contributed by atoms with E-state index in [1.165, 1.54) is 16.7 Å². The minimum absolute atomic E-state index is 0.431. The van der Waals surface area contributed by atoms with Gasteiger partial charge in [-0.15, -0.1) is 0 Å². The van der Waals surface area contributed by atoms with Gasteiger partial charge in [-0.1, -0.05) is 23.8 Å². The summed E-state index contributed by atoms with van der Waals surface area (Å²) in [5.74, 6) is 0.974. The molecular weight excluding hydrogens is 260 g/mol. The van der Waals surface area contributed by atoms with Crippen molar-refractivity contribution >= 4 is 0 Å². The predicted octanol–water partition coefficient (Wildman–Crippen LogP) is 3.16. The number of likely N-dealkylation sites (N-methyl/N-ethyl adjacent to an activating group) is 1. The van der Waals surface area contributed by atoms with Crippen LogP contribution in [-0.2, 0) is 12.8 Å². The number of aryl methyl sites for hydroxylation is 2. The first kappa shape index (κ1) is 15.5. The second-order valence-corrected chi connectivity index (χ2v) is 5.40. The molecule has 21 heavy (non-hydrogen) atoms. The number of hydrogen-bond donors (Lipinski definition) is 1. The summed E-state index contributed by atoms with van der Waals surface area (Å²) in [6, 6.07) is 10.9. The second-order valence-electron chi connectivity index (χ2n) is 5.40. The third-order valence-electron chi connectivity index (χ3n) is 3.81. The quantitative estimate of drug-likeness (QED) is 0.848. The molecule has 1 N–H and O–H groups in total. The molecule has 2 rings (SSSR count). The Morgan fingerprint density at radius 2 is 2.14 bits per heavy atom. The van der Waals surface area contributed by atoms with Crippen LogP contribution in [0.15, 0.2) is 42.7 Å². The Balaban J connectivity index is 2.00. The van der Waals surface area contributed by atoms with Crippen molar-refractivity contribution in [2.24, 2.45) is 0 Å². The van der Waals surface area contributed by atoms with Gasteiger partial charge in [-0.25, -0.2) is 0 Å². The minimum Gasteiger partial charge on any atom is -0.496 e. The first-order chi connectivity index (χ1) is 10.2. The van der Waals surface area contributed by atoms with Gasteiger partial charge in [0.25, 0.3) is 0 Å². The van der Waals surface area contributed by atoms with Crippen LogP contribution in [-0.4, -0.2) is 25.2 Å². The van der Waals surface area contributed by atoms with Gasteiger partial charge < -0.3 is 10.1 Å². The smallest absolute Gasteiger partial charge is 0.122 e. The number of hydrogen-bond acceptors (Lipinski definition) is 3.